The van der Waals surface area contributed by atoms with Gasteiger partial charge in [-0.25, -0.2) is 0 Å². The molecule has 1 fully saturated rings. The molecule has 0 aliphatic heterocycles. The molecule has 0 radical (unpaired) electrons. The van der Waals surface area contributed by atoms with E-state index in [4.69, 9.17) is 0 Å². The molecule has 0 amide bonds. The number of alkyl halides is 1. The van der Waals surface area contributed by atoms with Crippen molar-refractivity contribution in [3.05, 3.63) is 11.6 Å². The maximum absolute atomic E-state index is 4.33. The largest absolute Gasteiger partial charge is 0.315 e. The van der Waals surface area contributed by atoms with Gasteiger partial charge in [0, 0.05) is 13.0 Å². The summed E-state index contributed by atoms with van der Waals surface area (Å²) in [5.74, 6) is 3.16. The molecule has 17 heavy (non-hydrogen) atoms. The fraction of sp³-hybridized carbons (Fsp3) is 0.846. The second kappa shape index (κ2) is 6.53. The van der Waals surface area contributed by atoms with E-state index in [1.165, 1.54) is 44.3 Å². The minimum atomic E-state index is 0.803. The zero-order valence-corrected chi connectivity index (χ0v) is 12.2. The van der Waals surface area contributed by atoms with Crippen LogP contribution in [0, 0.1) is 5.92 Å². The maximum atomic E-state index is 4.33. The van der Waals surface area contributed by atoms with Gasteiger partial charge in [0.15, 0.2) is 0 Å². The Morgan fingerprint density at radius 2 is 1.88 bits per heavy atom. The molecular weight excluding hydrogens is 278 g/mol. The summed E-state index contributed by atoms with van der Waals surface area (Å²) in [6.07, 6.45) is 9.53. The van der Waals surface area contributed by atoms with Crippen molar-refractivity contribution in [1.82, 2.24) is 14.8 Å². The molecule has 1 aliphatic rings. The van der Waals surface area contributed by atoms with Crippen molar-refractivity contribution < 1.29 is 0 Å². The highest BCUT2D eigenvalue weighted by Crippen LogP contribution is 2.27. The molecule has 2 rings (SSSR count). The van der Waals surface area contributed by atoms with Gasteiger partial charge >= 0.3 is 0 Å². The summed E-state index contributed by atoms with van der Waals surface area (Å²) in [6.45, 7) is 3.15. The lowest BCUT2D eigenvalue weighted by atomic mass is 9.86. The van der Waals surface area contributed by atoms with Gasteiger partial charge in [-0.2, -0.15) is 0 Å². The molecule has 1 heterocycles. The van der Waals surface area contributed by atoms with Gasteiger partial charge in [0.1, 0.15) is 11.6 Å². The van der Waals surface area contributed by atoms with Gasteiger partial charge < -0.3 is 4.57 Å². The minimum Gasteiger partial charge on any atom is -0.315 e. The van der Waals surface area contributed by atoms with Gasteiger partial charge in [-0.15, -0.1) is 10.2 Å². The topological polar surface area (TPSA) is 30.7 Å². The van der Waals surface area contributed by atoms with Crippen LogP contribution in [0.15, 0.2) is 0 Å². The highest BCUT2D eigenvalue weighted by molar-refractivity contribution is 9.08. The number of hydrogen-bond donors (Lipinski definition) is 0. The monoisotopic (exact) mass is 299 g/mol. The Hall–Kier alpha value is -0.380. The molecule has 1 aliphatic carbocycles. The predicted octanol–water partition coefficient (Wildman–Crippen LogP) is 3.71. The third kappa shape index (κ3) is 3.30. The first-order valence-electron chi connectivity index (χ1n) is 6.82. The Bertz CT molecular complexity index is 342. The third-order valence-electron chi connectivity index (χ3n) is 3.84. The zero-order chi connectivity index (χ0) is 12.1. The van der Waals surface area contributed by atoms with Crippen LogP contribution in [-0.2, 0) is 18.3 Å². The van der Waals surface area contributed by atoms with Crippen molar-refractivity contribution >= 4 is 15.9 Å². The van der Waals surface area contributed by atoms with Crippen LogP contribution in [0.25, 0.3) is 0 Å². The molecule has 0 saturated heterocycles. The van der Waals surface area contributed by atoms with E-state index < -0.39 is 0 Å². The number of aromatic nitrogens is 3. The summed E-state index contributed by atoms with van der Waals surface area (Å²) in [6, 6.07) is 0. The van der Waals surface area contributed by atoms with E-state index in [9.17, 15) is 0 Å². The van der Waals surface area contributed by atoms with E-state index in [2.05, 4.69) is 37.6 Å². The lowest BCUT2D eigenvalue weighted by Gasteiger charge is -2.21. The zero-order valence-electron chi connectivity index (χ0n) is 10.7. The summed E-state index contributed by atoms with van der Waals surface area (Å²) >= 11 is 3.47. The standard InChI is InChI=1S/C13H22BrN3/c1-2-17-12(15-16-13(17)10-14)9-8-11-6-4-3-5-7-11/h11H,2-10H2,1H3. The summed E-state index contributed by atoms with van der Waals surface area (Å²) in [7, 11) is 0. The Labute approximate surface area is 112 Å². The maximum Gasteiger partial charge on any atom is 0.143 e. The van der Waals surface area contributed by atoms with Crippen LogP contribution in [0.4, 0.5) is 0 Å². The van der Waals surface area contributed by atoms with Gasteiger partial charge in [-0.1, -0.05) is 48.0 Å². The van der Waals surface area contributed by atoms with Crippen LogP contribution >= 0.6 is 15.9 Å². The van der Waals surface area contributed by atoms with Crippen molar-refractivity contribution in [3.63, 3.8) is 0 Å². The van der Waals surface area contributed by atoms with E-state index in [1.54, 1.807) is 0 Å². The smallest absolute Gasteiger partial charge is 0.143 e. The Balaban J connectivity index is 1.91. The first-order chi connectivity index (χ1) is 8.35. The molecule has 96 valence electrons. The van der Waals surface area contributed by atoms with Gasteiger partial charge in [0.05, 0.1) is 5.33 Å². The van der Waals surface area contributed by atoms with Crippen LogP contribution < -0.4 is 0 Å². The van der Waals surface area contributed by atoms with E-state index in [0.29, 0.717) is 0 Å². The second-order valence-corrected chi connectivity index (χ2v) is 5.51. The normalized spacial score (nSPS) is 17.5. The molecule has 0 aromatic carbocycles. The van der Waals surface area contributed by atoms with Crippen molar-refractivity contribution in [2.75, 3.05) is 0 Å². The Morgan fingerprint density at radius 3 is 2.53 bits per heavy atom. The first-order valence-corrected chi connectivity index (χ1v) is 7.94. The summed E-state index contributed by atoms with van der Waals surface area (Å²) < 4.78 is 2.25. The van der Waals surface area contributed by atoms with Gasteiger partial charge in [-0.3, -0.25) is 0 Å². The third-order valence-corrected chi connectivity index (χ3v) is 4.34. The van der Waals surface area contributed by atoms with E-state index >= 15 is 0 Å². The molecule has 0 atom stereocenters. The SMILES string of the molecule is CCn1c(CBr)nnc1CCC1CCCCC1. The highest BCUT2D eigenvalue weighted by Gasteiger charge is 2.15. The van der Waals surface area contributed by atoms with Gasteiger partial charge in [0.2, 0.25) is 0 Å². The summed E-state index contributed by atoms with van der Waals surface area (Å²) in [5.41, 5.74) is 0. The fourth-order valence-electron chi connectivity index (χ4n) is 2.83. The summed E-state index contributed by atoms with van der Waals surface area (Å²) in [5, 5.41) is 9.36. The summed E-state index contributed by atoms with van der Waals surface area (Å²) in [4.78, 5) is 0. The lowest BCUT2D eigenvalue weighted by Crippen LogP contribution is -2.10. The quantitative estimate of drug-likeness (QED) is 0.776. The molecule has 3 nitrogen and oxygen atoms in total. The average molecular weight is 300 g/mol. The number of hydrogen-bond acceptors (Lipinski definition) is 2. The highest BCUT2D eigenvalue weighted by atomic mass is 79.9. The van der Waals surface area contributed by atoms with Crippen LogP contribution in [0.2, 0.25) is 0 Å². The lowest BCUT2D eigenvalue weighted by molar-refractivity contribution is 0.336. The molecule has 1 aromatic heterocycles. The predicted molar refractivity (Wildman–Crippen MR) is 73.2 cm³/mol. The van der Waals surface area contributed by atoms with Crippen molar-refractivity contribution in [2.45, 2.75) is 63.7 Å². The van der Waals surface area contributed by atoms with E-state index in [-0.39, 0.29) is 0 Å². The van der Waals surface area contributed by atoms with E-state index in [0.717, 1.165) is 30.0 Å². The molecule has 1 aromatic rings. The van der Waals surface area contributed by atoms with Crippen molar-refractivity contribution in [3.8, 4) is 0 Å². The van der Waals surface area contributed by atoms with Crippen LogP contribution in [-0.4, -0.2) is 14.8 Å². The molecule has 0 spiro atoms. The van der Waals surface area contributed by atoms with E-state index in [1.807, 2.05) is 0 Å². The van der Waals surface area contributed by atoms with Crippen molar-refractivity contribution in [1.29, 1.82) is 0 Å². The average Bonchev–Trinajstić information content (AvgIpc) is 2.79. The molecule has 1 saturated carbocycles. The van der Waals surface area contributed by atoms with Crippen LogP contribution in [0.3, 0.4) is 0 Å². The van der Waals surface area contributed by atoms with Gasteiger partial charge in [-0.05, 0) is 19.3 Å². The number of nitrogens with zero attached hydrogens (tertiary/aromatic N) is 3. The van der Waals surface area contributed by atoms with Crippen LogP contribution in [0.1, 0.15) is 57.1 Å². The number of aryl methyl sites for hydroxylation is 1. The second-order valence-electron chi connectivity index (χ2n) is 4.95. The van der Waals surface area contributed by atoms with Gasteiger partial charge in [0.25, 0.3) is 0 Å². The molecule has 0 unspecified atom stereocenters. The fourth-order valence-corrected chi connectivity index (χ4v) is 3.25. The first kappa shape index (κ1) is 13.1. The van der Waals surface area contributed by atoms with Crippen molar-refractivity contribution in [2.24, 2.45) is 5.92 Å². The molecule has 0 N–H and O–H groups in total. The number of halogens is 1. The number of rotatable bonds is 5. The van der Waals surface area contributed by atoms with Crippen LogP contribution in [0.5, 0.6) is 0 Å². The Kier molecular flexibility index (Phi) is 5.01. The minimum absolute atomic E-state index is 0.803. The molecular formula is C13H22BrN3. The Morgan fingerprint density at radius 1 is 1.18 bits per heavy atom. The molecule has 4 heteroatoms. The molecule has 0 bridgehead atoms.